The number of nitriles is 1. The zero-order chi connectivity index (χ0) is 11.7. The molecule has 0 aromatic heterocycles. The average Bonchev–Trinajstić information content (AvgIpc) is 2.16. The number of unbranched alkanes of at least 4 members (excludes halogenated alkanes) is 1. The van der Waals surface area contributed by atoms with Crippen LogP contribution in [0.2, 0.25) is 19.1 Å². The summed E-state index contributed by atoms with van der Waals surface area (Å²) < 4.78 is 6.02. The Bertz CT molecular complexity index is 198. The highest BCUT2D eigenvalue weighted by Gasteiger charge is 2.22. The summed E-state index contributed by atoms with van der Waals surface area (Å²) in [5, 5.41) is 8.48. The highest BCUT2D eigenvalue weighted by Crippen LogP contribution is 2.17. The Morgan fingerprint density at radius 2 is 2.07 bits per heavy atom. The van der Waals surface area contributed by atoms with Crippen molar-refractivity contribution in [3.8, 4) is 6.07 Å². The Balaban J connectivity index is 3.68. The molecule has 0 saturated heterocycles. The molecule has 0 amide bonds. The van der Waals surface area contributed by atoms with Crippen LogP contribution < -0.4 is 0 Å². The first kappa shape index (κ1) is 14.7. The molecule has 88 valence electrons. The first-order valence-corrected chi connectivity index (χ1v) is 9.14. The minimum Gasteiger partial charge on any atom is -0.417 e. The molecule has 0 radical (unpaired) electrons. The van der Waals surface area contributed by atoms with Crippen LogP contribution in [0, 0.1) is 17.2 Å². The van der Waals surface area contributed by atoms with Crippen molar-refractivity contribution in [1.29, 1.82) is 5.26 Å². The average molecular weight is 227 g/mol. The van der Waals surface area contributed by atoms with Crippen LogP contribution in [0.25, 0.3) is 0 Å². The third kappa shape index (κ3) is 8.65. The van der Waals surface area contributed by atoms with Crippen LogP contribution in [-0.2, 0) is 4.43 Å². The van der Waals surface area contributed by atoms with E-state index in [1.54, 1.807) is 0 Å². The second kappa shape index (κ2) is 7.89. The monoisotopic (exact) mass is 227 g/mol. The van der Waals surface area contributed by atoms with Gasteiger partial charge in [-0.05, 0) is 37.9 Å². The van der Waals surface area contributed by atoms with Gasteiger partial charge in [-0.2, -0.15) is 5.26 Å². The lowest BCUT2D eigenvalue weighted by atomic mass is 10.1. The largest absolute Gasteiger partial charge is 0.417 e. The Kier molecular flexibility index (Phi) is 7.72. The van der Waals surface area contributed by atoms with Crippen molar-refractivity contribution in [1.82, 2.24) is 0 Å². The molecule has 0 aliphatic rings. The molecule has 0 aromatic rings. The fourth-order valence-corrected chi connectivity index (χ4v) is 3.52. The summed E-state index contributed by atoms with van der Waals surface area (Å²) in [6.45, 7) is 9.88. The molecule has 2 nitrogen and oxygen atoms in total. The fourth-order valence-electron chi connectivity index (χ4n) is 1.61. The maximum Gasteiger partial charge on any atom is 0.186 e. The SMILES string of the molecule is CCCC(C)CO[Si](C)(C)CCCC#N. The van der Waals surface area contributed by atoms with E-state index >= 15 is 0 Å². The predicted octanol–water partition coefficient (Wildman–Crippen LogP) is 3.95. The molecule has 1 unspecified atom stereocenters. The summed E-state index contributed by atoms with van der Waals surface area (Å²) in [5.74, 6) is 0.678. The molecule has 0 saturated carbocycles. The summed E-state index contributed by atoms with van der Waals surface area (Å²) in [6.07, 6.45) is 4.16. The summed E-state index contributed by atoms with van der Waals surface area (Å²) in [5.41, 5.74) is 0. The number of nitrogens with zero attached hydrogens (tertiary/aromatic N) is 1. The molecule has 0 aliphatic carbocycles. The highest BCUT2D eigenvalue weighted by molar-refractivity contribution is 6.71. The van der Waals surface area contributed by atoms with E-state index in [-0.39, 0.29) is 0 Å². The normalized spacial score (nSPS) is 13.5. The van der Waals surface area contributed by atoms with Gasteiger partial charge in [0.15, 0.2) is 8.32 Å². The van der Waals surface area contributed by atoms with Crippen LogP contribution in [0.4, 0.5) is 0 Å². The second-order valence-corrected chi connectivity index (χ2v) is 9.28. The van der Waals surface area contributed by atoms with Crippen LogP contribution in [0.5, 0.6) is 0 Å². The first-order valence-electron chi connectivity index (χ1n) is 6.02. The molecule has 0 heterocycles. The smallest absolute Gasteiger partial charge is 0.186 e. The molecule has 15 heavy (non-hydrogen) atoms. The van der Waals surface area contributed by atoms with E-state index in [1.165, 1.54) is 12.8 Å². The molecule has 3 heteroatoms. The molecule has 0 rings (SSSR count). The highest BCUT2D eigenvalue weighted by atomic mass is 28.4. The number of hydrogen-bond donors (Lipinski definition) is 0. The number of rotatable bonds is 8. The van der Waals surface area contributed by atoms with Crippen molar-refractivity contribution in [2.45, 2.75) is 58.7 Å². The molecule has 1 atom stereocenters. The van der Waals surface area contributed by atoms with Crippen molar-refractivity contribution in [2.24, 2.45) is 5.92 Å². The molecule has 0 fully saturated rings. The zero-order valence-corrected chi connectivity index (χ0v) is 11.7. The third-order valence-electron chi connectivity index (χ3n) is 2.61. The van der Waals surface area contributed by atoms with Gasteiger partial charge < -0.3 is 4.43 Å². The quantitative estimate of drug-likeness (QED) is 0.464. The van der Waals surface area contributed by atoms with Crippen LogP contribution in [-0.4, -0.2) is 14.9 Å². The van der Waals surface area contributed by atoms with Crippen LogP contribution in [0.15, 0.2) is 0 Å². The molecule has 0 aromatic carbocycles. The number of hydrogen-bond acceptors (Lipinski definition) is 2. The van der Waals surface area contributed by atoms with Crippen LogP contribution in [0.1, 0.15) is 39.5 Å². The van der Waals surface area contributed by atoms with E-state index in [4.69, 9.17) is 9.69 Å². The minimum atomic E-state index is -1.48. The molecular formula is C12H25NOSi. The lowest BCUT2D eigenvalue weighted by Crippen LogP contribution is -2.32. The van der Waals surface area contributed by atoms with Crippen molar-refractivity contribution in [3.05, 3.63) is 0 Å². The van der Waals surface area contributed by atoms with Gasteiger partial charge in [0.25, 0.3) is 0 Å². The summed E-state index contributed by atoms with van der Waals surface area (Å²) in [6, 6.07) is 3.30. The van der Waals surface area contributed by atoms with Gasteiger partial charge in [0.05, 0.1) is 6.07 Å². The van der Waals surface area contributed by atoms with E-state index in [1.807, 2.05) is 0 Å². The molecular weight excluding hydrogens is 202 g/mol. The topological polar surface area (TPSA) is 33.0 Å². The van der Waals surface area contributed by atoms with Crippen molar-refractivity contribution < 1.29 is 4.43 Å². The van der Waals surface area contributed by atoms with Gasteiger partial charge in [0.1, 0.15) is 0 Å². The maximum atomic E-state index is 8.48. The van der Waals surface area contributed by atoms with E-state index in [2.05, 4.69) is 33.0 Å². The maximum absolute atomic E-state index is 8.48. The standard InChI is InChI=1S/C12H25NOSi/c1-5-8-12(2)11-14-15(3,4)10-7-6-9-13/h12H,5-8,10-11H2,1-4H3. The molecule has 0 N–H and O–H groups in total. The summed E-state index contributed by atoms with van der Waals surface area (Å²) in [7, 11) is -1.48. The minimum absolute atomic E-state index is 0.671. The predicted molar refractivity (Wildman–Crippen MR) is 67.2 cm³/mol. The molecule has 0 spiro atoms. The van der Waals surface area contributed by atoms with Gasteiger partial charge in [0, 0.05) is 13.0 Å². The Morgan fingerprint density at radius 3 is 2.60 bits per heavy atom. The van der Waals surface area contributed by atoms with Crippen molar-refractivity contribution >= 4 is 8.32 Å². The van der Waals surface area contributed by atoms with Gasteiger partial charge in [-0.15, -0.1) is 0 Å². The molecule has 0 bridgehead atoms. The van der Waals surface area contributed by atoms with Gasteiger partial charge in [0.2, 0.25) is 0 Å². The van der Waals surface area contributed by atoms with Crippen LogP contribution >= 0.6 is 0 Å². The Labute approximate surface area is 95.8 Å². The lowest BCUT2D eigenvalue weighted by molar-refractivity contribution is 0.242. The van der Waals surface area contributed by atoms with Crippen molar-refractivity contribution in [2.75, 3.05) is 6.61 Å². The van der Waals surface area contributed by atoms with Gasteiger partial charge >= 0.3 is 0 Å². The Hall–Kier alpha value is -0.333. The van der Waals surface area contributed by atoms with E-state index < -0.39 is 8.32 Å². The van der Waals surface area contributed by atoms with E-state index in [0.29, 0.717) is 12.3 Å². The Morgan fingerprint density at radius 1 is 1.40 bits per heavy atom. The van der Waals surface area contributed by atoms with Gasteiger partial charge in [-0.3, -0.25) is 0 Å². The first-order chi connectivity index (χ1) is 7.02. The van der Waals surface area contributed by atoms with Crippen molar-refractivity contribution in [3.63, 3.8) is 0 Å². The molecule has 0 aliphatic heterocycles. The van der Waals surface area contributed by atoms with Gasteiger partial charge in [-0.1, -0.05) is 20.3 Å². The third-order valence-corrected chi connectivity index (χ3v) is 5.11. The van der Waals surface area contributed by atoms with E-state index in [0.717, 1.165) is 19.1 Å². The zero-order valence-electron chi connectivity index (χ0n) is 10.7. The second-order valence-electron chi connectivity index (χ2n) is 4.98. The summed E-state index contributed by atoms with van der Waals surface area (Å²) in [4.78, 5) is 0. The fraction of sp³-hybridized carbons (Fsp3) is 0.917. The van der Waals surface area contributed by atoms with E-state index in [9.17, 15) is 0 Å². The van der Waals surface area contributed by atoms with Crippen LogP contribution in [0.3, 0.4) is 0 Å². The summed E-state index contributed by atoms with van der Waals surface area (Å²) >= 11 is 0. The van der Waals surface area contributed by atoms with Gasteiger partial charge in [-0.25, -0.2) is 0 Å². The lowest BCUT2D eigenvalue weighted by Gasteiger charge is -2.24.